The van der Waals surface area contributed by atoms with Crippen LogP contribution in [0.25, 0.3) is 0 Å². The van der Waals surface area contributed by atoms with Crippen LogP contribution in [0.1, 0.15) is 18.5 Å². The number of hydrogen-bond donors (Lipinski definition) is 3. The van der Waals surface area contributed by atoms with Gasteiger partial charge in [-0.2, -0.15) is 0 Å². The standard InChI is InChI=1S/C12H15NO6/c1-6(14)13-10(12(16)17)7-4-8(18-2)11(15)9(5-7)19-3/h4-5,10,15H,1-3H3,(H,13,14)(H,16,17)/t10-/m0/s1. The minimum absolute atomic E-state index is 0.0611. The Balaban J connectivity index is 3.30. The number of aromatic hydroxyl groups is 1. The second kappa shape index (κ2) is 5.94. The molecule has 0 spiro atoms. The number of phenols is 1. The quantitative estimate of drug-likeness (QED) is 0.725. The predicted molar refractivity (Wildman–Crippen MR) is 65.4 cm³/mol. The lowest BCUT2D eigenvalue weighted by Gasteiger charge is -2.17. The van der Waals surface area contributed by atoms with Gasteiger partial charge >= 0.3 is 5.97 Å². The van der Waals surface area contributed by atoms with E-state index in [0.717, 1.165) is 0 Å². The Morgan fingerprint density at radius 1 is 1.21 bits per heavy atom. The Kier molecular flexibility index (Phi) is 4.57. The number of aliphatic carboxylic acids is 1. The van der Waals surface area contributed by atoms with Crippen molar-refractivity contribution in [2.24, 2.45) is 0 Å². The van der Waals surface area contributed by atoms with Gasteiger partial charge < -0.3 is 25.0 Å². The molecule has 0 saturated carbocycles. The van der Waals surface area contributed by atoms with Gasteiger partial charge in [-0.05, 0) is 17.7 Å². The van der Waals surface area contributed by atoms with E-state index < -0.39 is 17.9 Å². The summed E-state index contributed by atoms with van der Waals surface area (Å²) in [7, 11) is 2.65. The van der Waals surface area contributed by atoms with E-state index in [1.165, 1.54) is 33.3 Å². The molecular weight excluding hydrogens is 254 g/mol. The van der Waals surface area contributed by atoms with Gasteiger partial charge in [0.25, 0.3) is 0 Å². The number of carboxylic acids is 1. The molecule has 3 N–H and O–H groups in total. The number of carboxylic acid groups (broad SMARTS) is 1. The number of amides is 1. The molecule has 0 aliphatic carbocycles. The van der Waals surface area contributed by atoms with Gasteiger partial charge in [0, 0.05) is 6.92 Å². The molecule has 7 nitrogen and oxygen atoms in total. The third kappa shape index (κ3) is 3.27. The Labute approximate surface area is 109 Å². The van der Waals surface area contributed by atoms with Crippen molar-refractivity contribution in [1.82, 2.24) is 5.32 Å². The number of carbonyl (C=O) groups excluding carboxylic acids is 1. The second-order valence-electron chi connectivity index (χ2n) is 3.75. The molecule has 0 unspecified atom stereocenters. The summed E-state index contributed by atoms with van der Waals surface area (Å²) in [5.41, 5.74) is 0.231. The summed E-state index contributed by atoms with van der Waals surface area (Å²) in [6.07, 6.45) is 0. The number of nitrogens with one attached hydrogen (secondary N) is 1. The van der Waals surface area contributed by atoms with E-state index in [9.17, 15) is 14.7 Å². The van der Waals surface area contributed by atoms with Crippen LogP contribution in [0.3, 0.4) is 0 Å². The van der Waals surface area contributed by atoms with E-state index in [0.29, 0.717) is 0 Å². The van der Waals surface area contributed by atoms with Crippen LogP contribution in [0.15, 0.2) is 12.1 Å². The Morgan fingerprint density at radius 2 is 1.68 bits per heavy atom. The first-order valence-electron chi connectivity index (χ1n) is 5.35. The van der Waals surface area contributed by atoms with Gasteiger partial charge in [0.2, 0.25) is 11.7 Å². The summed E-state index contributed by atoms with van der Waals surface area (Å²) in [6.45, 7) is 1.21. The van der Waals surface area contributed by atoms with E-state index in [1.807, 2.05) is 0 Å². The highest BCUT2D eigenvalue weighted by Crippen LogP contribution is 2.38. The molecule has 1 rings (SSSR count). The topological polar surface area (TPSA) is 105 Å². The van der Waals surface area contributed by atoms with E-state index >= 15 is 0 Å². The summed E-state index contributed by atoms with van der Waals surface area (Å²) in [5.74, 6) is -1.83. The van der Waals surface area contributed by atoms with Crippen LogP contribution in [0.5, 0.6) is 17.2 Å². The number of hydrogen-bond acceptors (Lipinski definition) is 5. The number of phenolic OH excluding ortho intramolecular Hbond substituents is 1. The van der Waals surface area contributed by atoms with Crippen molar-refractivity contribution in [2.75, 3.05) is 14.2 Å². The average molecular weight is 269 g/mol. The maximum absolute atomic E-state index is 11.2. The Morgan fingerprint density at radius 3 is 2.00 bits per heavy atom. The number of ether oxygens (including phenoxy) is 2. The molecule has 1 aromatic rings. The van der Waals surface area contributed by atoms with Gasteiger partial charge in [0.05, 0.1) is 14.2 Å². The van der Waals surface area contributed by atoms with E-state index in [-0.39, 0.29) is 22.8 Å². The van der Waals surface area contributed by atoms with Crippen molar-refractivity contribution in [3.05, 3.63) is 17.7 Å². The highest BCUT2D eigenvalue weighted by Gasteiger charge is 2.24. The van der Waals surface area contributed by atoms with Crippen molar-refractivity contribution in [2.45, 2.75) is 13.0 Å². The number of carbonyl (C=O) groups is 2. The SMILES string of the molecule is COc1cc([C@H](NC(C)=O)C(=O)O)cc(OC)c1O. The maximum atomic E-state index is 11.2. The molecule has 0 aromatic heterocycles. The van der Waals surface area contributed by atoms with Crippen molar-refractivity contribution in [3.8, 4) is 17.2 Å². The number of rotatable bonds is 5. The molecule has 0 aliphatic rings. The summed E-state index contributed by atoms with van der Waals surface area (Å²) in [4.78, 5) is 22.2. The Bertz CT molecular complexity index is 474. The lowest BCUT2D eigenvalue weighted by molar-refractivity contribution is -0.141. The molecule has 7 heteroatoms. The highest BCUT2D eigenvalue weighted by molar-refractivity contribution is 5.83. The molecule has 19 heavy (non-hydrogen) atoms. The number of methoxy groups -OCH3 is 2. The molecular formula is C12H15NO6. The number of benzene rings is 1. The summed E-state index contributed by atoms with van der Waals surface area (Å²) in [6, 6.07) is 1.40. The molecule has 1 aromatic carbocycles. The van der Waals surface area contributed by atoms with E-state index in [2.05, 4.69) is 5.32 Å². The first kappa shape index (κ1) is 14.6. The fourth-order valence-electron chi connectivity index (χ4n) is 1.57. The largest absolute Gasteiger partial charge is 0.502 e. The van der Waals surface area contributed by atoms with E-state index in [4.69, 9.17) is 14.6 Å². The maximum Gasteiger partial charge on any atom is 0.330 e. The minimum Gasteiger partial charge on any atom is -0.502 e. The Hall–Kier alpha value is -2.44. The smallest absolute Gasteiger partial charge is 0.330 e. The molecule has 104 valence electrons. The van der Waals surface area contributed by atoms with Crippen LogP contribution >= 0.6 is 0 Å². The second-order valence-corrected chi connectivity index (χ2v) is 3.75. The van der Waals surface area contributed by atoms with Crippen molar-refractivity contribution in [1.29, 1.82) is 0 Å². The van der Waals surface area contributed by atoms with Crippen LogP contribution in [-0.2, 0) is 9.59 Å². The van der Waals surface area contributed by atoms with Crippen LogP contribution in [0.4, 0.5) is 0 Å². The summed E-state index contributed by atoms with van der Waals surface area (Å²) < 4.78 is 9.85. The van der Waals surface area contributed by atoms with Gasteiger partial charge in [-0.3, -0.25) is 4.79 Å². The van der Waals surface area contributed by atoms with Gasteiger partial charge in [-0.1, -0.05) is 0 Å². The zero-order valence-electron chi connectivity index (χ0n) is 10.8. The van der Waals surface area contributed by atoms with Gasteiger partial charge in [0.1, 0.15) is 0 Å². The highest BCUT2D eigenvalue weighted by atomic mass is 16.5. The lowest BCUT2D eigenvalue weighted by atomic mass is 10.1. The van der Waals surface area contributed by atoms with Gasteiger partial charge in [-0.15, -0.1) is 0 Å². The first-order valence-corrected chi connectivity index (χ1v) is 5.35. The molecule has 0 heterocycles. The molecule has 1 amide bonds. The zero-order chi connectivity index (χ0) is 14.6. The van der Waals surface area contributed by atoms with E-state index in [1.54, 1.807) is 0 Å². The third-order valence-corrected chi connectivity index (χ3v) is 2.43. The lowest BCUT2D eigenvalue weighted by Crippen LogP contribution is -2.32. The average Bonchev–Trinajstić information content (AvgIpc) is 2.36. The summed E-state index contributed by atoms with van der Waals surface area (Å²) >= 11 is 0. The normalized spacial score (nSPS) is 11.5. The van der Waals surface area contributed by atoms with Crippen molar-refractivity contribution >= 4 is 11.9 Å². The molecule has 0 bridgehead atoms. The fourth-order valence-corrected chi connectivity index (χ4v) is 1.57. The molecule has 0 saturated heterocycles. The molecule has 0 radical (unpaired) electrons. The minimum atomic E-state index is -1.25. The predicted octanol–water partition coefficient (Wildman–Crippen LogP) is 0.671. The van der Waals surface area contributed by atoms with Crippen molar-refractivity contribution in [3.63, 3.8) is 0 Å². The molecule has 0 aliphatic heterocycles. The summed E-state index contributed by atoms with van der Waals surface area (Å²) in [5, 5.41) is 21.1. The van der Waals surface area contributed by atoms with Crippen LogP contribution < -0.4 is 14.8 Å². The fraction of sp³-hybridized carbons (Fsp3) is 0.333. The van der Waals surface area contributed by atoms with Crippen LogP contribution in [0, 0.1) is 0 Å². The third-order valence-electron chi connectivity index (χ3n) is 2.43. The first-order chi connectivity index (χ1) is 8.90. The monoisotopic (exact) mass is 269 g/mol. The molecule has 0 fully saturated rings. The van der Waals surface area contributed by atoms with Crippen molar-refractivity contribution < 1.29 is 29.3 Å². The molecule has 1 atom stereocenters. The zero-order valence-corrected chi connectivity index (χ0v) is 10.8. The van der Waals surface area contributed by atoms with Crippen LogP contribution in [0.2, 0.25) is 0 Å². The van der Waals surface area contributed by atoms with Gasteiger partial charge in [-0.25, -0.2) is 4.79 Å². The van der Waals surface area contributed by atoms with Gasteiger partial charge in [0.15, 0.2) is 17.5 Å². The van der Waals surface area contributed by atoms with Crippen LogP contribution in [-0.4, -0.2) is 36.3 Å².